The Hall–Kier alpha value is -1.47. The van der Waals surface area contributed by atoms with E-state index in [4.69, 9.17) is 4.74 Å². The van der Waals surface area contributed by atoms with Crippen LogP contribution in [0.2, 0.25) is 0 Å². The van der Waals surface area contributed by atoms with E-state index in [0.29, 0.717) is 19.6 Å². The van der Waals surface area contributed by atoms with Gasteiger partial charge in [0.2, 0.25) is 0 Å². The van der Waals surface area contributed by atoms with E-state index in [0.717, 1.165) is 21.4 Å². The standard InChI is InChI=1S/C17H19IN2O2/c1-20(12-16-15(18)8-5-10-19-16)11-9-17(21)22-13-14-6-3-2-4-7-14/h2-8,10H,9,11-13H2,1H3. The molecule has 0 aliphatic carbocycles. The SMILES string of the molecule is CN(CCC(=O)OCc1ccccc1)Cc1ncccc1I. The summed E-state index contributed by atoms with van der Waals surface area (Å²) in [5.41, 5.74) is 2.04. The molecule has 0 aliphatic rings. The lowest BCUT2D eigenvalue weighted by Gasteiger charge is -2.16. The van der Waals surface area contributed by atoms with E-state index < -0.39 is 0 Å². The molecule has 0 saturated heterocycles. The van der Waals surface area contributed by atoms with Gasteiger partial charge in [-0.05, 0) is 47.3 Å². The fourth-order valence-electron chi connectivity index (χ4n) is 1.96. The van der Waals surface area contributed by atoms with E-state index in [1.807, 2.05) is 49.5 Å². The Balaban J connectivity index is 1.71. The van der Waals surface area contributed by atoms with Gasteiger partial charge in [0.1, 0.15) is 6.61 Å². The summed E-state index contributed by atoms with van der Waals surface area (Å²) >= 11 is 2.27. The molecule has 0 fully saturated rings. The number of benzene rings is 1. The molecule has 116 valence electrons. The highest BCUT2D eigenvalue weighted by atomic mass is 127. The third kappa shape index (κ3) is 5.73. The van der Waals surface area contributed by atoms with Crippen LogP contribution in [0.1, 0.15) is 17.7 Å². The van der Waals surface area contributed by atoms with Crippen molar-refractivity contribution in [2.24, 2.45) is 0 Å². The van der Waals surface area contributed by atoms with E-state index in [9.17, 15) is 4.79 Å². The van der Waals surface area contributed by atoms with E-state index in [1.54, 1.807) is 6.20 Å². The summed E-state index contributed by atoms with van der Waals surface area (Å²) in [5.74, 6) is -0.175. The third-order valence-corrected chi connectivity index (χ3v) is 4.18. The molecule has 0 amide bonds. The molecule has 0 saturated carbocycles. The monoisotopic (exact) mass is 410 g/mol. The molecule has 0 spiro atoms. The maximum atomic E-state index is 11.8. The van der Waals surface area contributed by atoms with Crippen molar-refractivity contribution in [2.75, 3.05) is 13.6 Å². The summed E-state index contributed by atoms with van der Waals surface area (Å²) in [6, 6.07) is 13.7. The second-order valence-corrected chi connectivity index (χ2v) is 6.23. The number of nitrogens with zero attached hydrogens (tertiary/aromatic N) is 2. The number of hydrogen-bond acceptors (Lipinski definition) is 4. The quantitative estimate of drug-likeness (QED) is 0.519. The Morgan fingerprint density at radius 3 is 2.73 bits per heavy atom. The Kier molecular flexibility index (Phi) is 6.79. The molecule has 5 heteroatoms. The minimum Gasteiger partial charge on any atom is -0.461 e. The Labute approximate surface area is 144 Å². The van der Waals surface area contributed by atoms with Crippen LogP contribution >= 0.6 is 22.6 Å². The minimum absolute atomic E-state index is 0.175. The minimum atomic E-state index is -0.175. The number of pyridine rings is 1. The summed E-state index contributed by atoms with van der Waals surface area (Å²) in [5, 5.41) is 0. The summed E-state index contributed by atoms with van der Waals surface area (Å²) < 4.78 is 6.41. The van der Waals surface area contributed by atoms with Gasteiger partial charge in [-0.15, -0.1) is 0 Å². The molecule has 4 nitrogen and oxygen atoms in total. The molecule has 2 rings (SSSR count). The van der Waals surface area contributed by atoms with Gasteiger partial charge >= 0.3 is 5.97 Å². The van der Waals surface area contributed by atoms with E-state index >= 15 is 0 Å². The molecular weight excluding hydrogens is 391 g/mol. The van der Waals surface area contributed by atoms with Gasteiger partial charge in [-0.1, -0.05) is 30.3 Å². The highest BCUT2D eigenvalue weighted by Gasteiger charge is 2.08. The van der Waals surface area contributed by atoms with Crippen LogP contribution in [0.25, 0.3) is 0 Å². The normalized spacial score (nSPS) is 10.7. The van der Waals surface area contributed by atoms with Gasteiger partial charge in [0, 0.05) is 22.9 Å². The summed E-state index contributed by atoms with van der Waals surface area (Å²) in [6.45, 7) is 1.72. The van der Waals surface area contributed by atoms with Crippen LogP contribution in [0.5, 0.6) is 0 Å². The number of esters is 1. The van der Waals surface area contributed by atoms with Crippen molar-refractivity contribution in [3.8, 4) is 0 Å². The van der Waals surface area contributed by atoms with Crippen molar-refractivity contribution in [3.05, 3.63) is 63.5 Å². The molecule has 0 aliphatic heterocycles. The van der Waals surface area contributed by atoms with Crippen LogP contribution in [0.15, 0.2) is 48.7 Å². The van der Waals surface area contributed by atoms with Crippen molar-refractivity contribution in [2.45, 2.75) is 19.6 Å². The first-order chi connectivity index (χ1) is 10.6. The zero-order chi connectivity index (χ0) is 15.8. The maximum absolute atomic E-state index is 11.8. The summed E-state index contributed by atoms with van der Waals surface area (Å²) in [7, 11) is 1.98. The molecule has 1 aromatic heterocycles. The summed E-state index contributed by atoms with van der Waals surface area (Å²) in [4.78, 5) is 18.2. The number of rotatable bonds is 7. The van der Waals surface area contributed by atoms with Gasteiger partial charge in [-0.25, -0.2) is 0 Å². The van der Waals surface area contributed by atoms with Crippen molar-refractivity contribution in [1.82, 2.24) is 9.88 Å². The van der Waals surface area contributed by atoms with Gasteiger partial charge in [-0.2, -0.15) is 0 Å². The van der Waals surface area contributed by atoms with Gasteiger partial charge in [0.25, 0.3) is 0 Å². The lowest BCUT2D eigenvalue weighted by Crippen LogP contribution is -2.23. The van der Waals surface area contributed by atoms with Crippen LogP contribution in [0, 0.1) is 3.57 Å². The topological polar surface area (TPSA) is 42.4 Å². The van der Waals surface area contributed by atoms with Crippen LogP contribution in [0.4, 0.5) is 0 Å². The second kappa shape index (κ2) is 8.85. The lowest BCUT2D eigenvalue weighted by atomic mass is 10.2. The fourth-order valence-corrected chi connectivity index (χ4v) is 2.48. The largest absolute Gasteiger partial charge is 0.461 e. The highest BCUT2D eigenvalue weighted by Crippen LogP contribution is 2.10. The van der Waals surface area contributed by atoms with Crippen molar-refractivity contribution in [3.63, 3.8) is 0 Å². The Bertz CT molecular complexity index is 605. The maximum Gasteiger partial charge on any atom is 0.307 e. The molecule has 0 atom stereocenters. The predicted octanol–water partition coefficient (Wildman–Crippen LogP) is 3.25. The van der Waals surface area contributed by atoms with Crippen LogP contribution < -0.4 is 0 Å². The molecular formula is C17H19IN2O2. The molecule has 1 heterocycles. The zero-order valence-electron chi connectivity index (χ0n) is 12.5. The van der Waals surface area contributed by atoms with Gasteiger partial charge in [-0.3, -0.25) is 14.7 Å². The second-order valence-electron chi connectivity index (χ2n) is 5.07. The predicted molar refractivity (Wildman–Crippen MR) is 94.1 cm³/mol. The molecule has 0 unspecified atom stereocenters. The zero-order valence-corrected chi connectivity index (χ0v) is 14.7. The first-order valence-electron chi connectivity index (χ1n) is 7.12. The average Bonchev–Trinajstić information content (AvgIpc) is 2.54. The van der Waals surface area contributed by atoms with Gasteiger partial charge in [0.05, 0.1) is 12.1 Å². The molecule has 1 aromatic carbocycles. The van der Waals surface area contributed by atoms with Crippen molar-refractivity contribution in [1.29, 1.82) is 0 Å². The lowest BCUT2D eigenvalue weighted by molar-refractivity contribution is -0.145. The average molecular weight is 410 g/mol. The number of aromatic nitrogens is 1. The third-order valence-electron chi connectivity index (χ3n) is 3.19. The molecule has 0 radical (unpaired) electrons. The number of carbonyl (C=O) groups is 1. The van der Waals surface area contributed by atoms with Crippen molar-refractivity contribution < 1.29 is 9.53 Å². The Morgan fingerprint density at radius 1 is 1.23 bits per heavy atom. The first kappa shape index (κ1) is 16.9. The molecule has 2 aromatic rings. The Morgan fingerprint density at radius 2 is 2.00 bits per heavy atom. The number of halogens is 1. The molecule has 22 heavy (non-hydrogen) atoms. The van der Waals surface area contributed by atoms with Gasteiger partial charge < -0.3 is 4.74 Å². The smallest absolute Gasteiger partial charge is 0.307 e. The number of ether oxygens (including phenoxy) is 1. The van der Waals surface area contributed by atoms with E-state index in [1.165, 1.54) is 0 Å². The van der Waals surface area contributed by atoms with E-state index in [-0.39, 0.29) is 5.97 Å². The number of hydrogen-bond donors (Lipinski definition) is 0. The summed E-state index contributed by atoms with van der Waals surface area (Å²) in [6.07, 6.45) is 2.17. The van der Waals surface area contributed by atoms with Crippen molar-refractivity contribution >= 4 is 28.6 Å². The van der Waals surface area contributed by atoms with Crippen LogP contribution in [0.3, 0.4) is 0 Å². The molecule has 0 N–H and O–H groups in total. The van der Waals surface area contributed by atoms with E-state index in [2.05, 4.69) is 32.5 Å². The van der Waals surface area contributed by atoms with Crippen LogP contribution in [-0.4, -0.2) is 29.4 Å². The fraction of sp³-hybridized carbons (Fsp3) is 0.294. The molecule has 0 bridgehead atoms. The van der Waals surface area contributed by atoms with Crippen LogP contribution in [-0.2, 0) is 22.7 Å². The van der Waals surface area contributed by atoms with Gasteiger partial charge in [0.15, 0.2) is 0 Å². The highest BCUT2D eigenvalue weighted by molar-refractivity contribution is 14.1. The first-order valence-corrected chi connectivity index (χ1v) is 8.20. The number of carbonyl (C=O) groups excluding carboxylic acids is 1.